The zero-order valence-electron chi connectivity index (χ0n) is 23.2. The Morgan fingerprint density at radius 3 is 2.20 bits per heavy atom. The number of rotatable bonds is 10. The molecule has 242 valence electrons. The molecule has 45 heavy (non-hydrogen) atoms. The zero-order chi connectivity index (χ0) is 33.2. The number of hydrogen-bond acceptors (Lipinski definition) is 15. The van der Waals surface area contributed by atoms with Gasteiger partial charge in [0.2, 0.25) is 0 Å². The number of phosphoric ester groups is 1. The largest absolute Gasteiger partial charge is 0.775 e. The Morgan fingerprint density at radius 1 is 0.933 bits per heavy atom. The van der Waals surface area contributed by atoms with E-state index in [9.17, 15) is 48.2 Å². The van der Waals surface area contributed by atoms with Gasteiger partial charge in [-0.2, -0.15) is 0 Å². The minimum atomic E-state index is -6.12. The summed E-state index contributed by atoms with van der Waals surface area (Å²) in [5.41, 5.74) is -0.607. The number of aliphatic hydroxyl groups excluding tert-OH is 2. The van der Waals surface area contributed by atoms with Crippen LogP contribution in [-0.4, -0.2) is 51.8 Å². The van der Waals surface area contributed by atoms with Crippen LogP contribution in [0.25, 0.3) is 0 Å². The summed E-state index contributed by atoms with van der Waals surface area (Å²) >= 11 is 0. The van der Waals surface area contributed by atoms with Crippen molar-refractivity contribution >= 4 is 28.5 Å². The first-order valence-corrected chi connectivity index (χ1v) is 17.1. The molecule has 0 radical (unpaired) electrons. The summed E-state index contributed by atoms with van der Waals surface area (Å²) in [6, 6.07) is 11.2. The lowest BCUT2D eigenvalue weighted by molar-refractivity contribution is -0.245. The van der Waals surface area contributed by atoms with Crippen molar-refractivity contribution in [1.29, 1.82) is 0 Å². The van der Waals surface area contributed by atoms with Gasteiger partial charge in [0, 0.05) is 17.1 Å². The number of hydrogen-bond donors (Lipinski definition) is 3. The molecule has 0 bridgehead atoms. The Labute approximate surface area is 254 Å². The maximum atomic E-state index is 12.5. The summed E-state index contributed by atoms with van der Waals surface area (Å²) < 4.78 is 59.8. The van der Waals surface area contributed by atoms with Gasteiger partial charge >= 0.3 is 5.69 Å². The molecular weight excluding hydrogens is 661 g/mol. The fraction of sp³-hybridized carbons (Fsp3) is 0.280. The molecule has 0 amide bonds. The van der Waals surface area contributed by atoms with Gasteiger partial charge < -0.3 is 43.5 Å². The van der Waals surface area contributed by atoms with Gasteiger partial charge in [0.15, 0.2) is 13.8 Å². The molecule has 1 aliphatic rings. The Morgan fingerprint density at radius 2 is 1.58 bits per heavy atom. The molecule has 1 aliphatic heterocycles. The third kappa shape index (κ3) is 8.75. The molecule has 2 heterocycles. The van der Waals surface area contributed by atoms with Crippen LogP contribution < -0.4 is 36.0 Å². The lowest BCUT2D eigenvalue weighted by Crippen LogP contribution is -2.38. The Bertz CT molecular complexity index is 1860. The second-order valence-corrected chi connectivity index (χ2v) is 14.3. The van der Waals surface area contributed by atoms with E-state index in [0.717, 1.165) is 23.9 Å². The average molecular weight is 685 g/mol. The van der Waals surface area contributed by atoms with Crippen LogP contribution in [0, 0.1) is 18.8 Å². The lowest BCUT2D eigenvalue weighted by Gasteiger charge is -2.35. The van der Waals surface area contributed by atoms with Crippen LogP contribution >= 0.6 is 23.2 Å². The maximum Gasteiger partial charge on any atom is 0.330 e. The van der Waals surface area contributed by atoms with Gasteiger partial charge in [-0.05, 0) is 43.3 Å². The molecule has 1 aromatic heterocycles. The minimum Gasteiger partial charge on any atom is -0.775 e. The van der Waals surface area contributed by atoms with E-state index >= 15 is 0 Å². The zero-order valence-corrected chi connectivity index (χ0v) is 25.9. The Balaban J connectivity index is 1.43. The predicted octanol–water partition coefficient (Wildman–Crippen LogP) is -1.26. The Hall–Kier alpha value is -3.19. The maximum absolute atomic E-state index is 12.5. The number of nitrogens with one attached hydrogen (secondary N) is 1. The molecule has 4 unspecified atom stereocenters. The minimum absolute atomic E-state index is 0.214. The van der Waals surface area contributed by atoms with Crippen LogP contribution in [0.15, 0.2) is 64.3 Å². The quantitative estimate of drug-likeness (QED) is 0.166. The molecule has 1 saturated heterocycles. The van der Waals surface area contributed by atoms with E-state index in [1.165, 1.54) is 19.2 Å². The first kappa shape index (κ1) is 34.7. The third-order valence-corrected chi connectivity index (χ3v) is 10.8. The van der Waals surface area contributed by atoms with Gasteiger partial charge in [0.1, 0.15) is 29.6 Å². The van der Waals surface area contributed by atoms with Crippen molar-refractivity contribution < 1.29 is 61.2 Å². The van der Waals surface area contributed by atoms with Crippen molar-refractivity contribution in [3.05, 3.63) is 92.3 Å². The van der Waals surface area contributed by atoms with Crippen LogP contribution in [0.2, 0.25) is 0 Å². The highest BCUT2D eigenvalue weighted by Crippen LogP contribution is 2.62. The molecular formula is C25H24N2O15P3-3. The van der Waals surface area contributed by atoms with E-state index in [4.69, 9.17) is 9.47 Å². The first-order chi connectivity index (χ1) is 21.0. The summed E-state index contributed by atoms with van der Waals surface area (Å²) in [5.74, 6) is 5.56. The summed E-state index contributed by atoms with van der Waals surface area (Å²) in [5, 5.41) is 20.2. The second kappa shape index (κ2) is 13.7. The molecule has 3 aromatic rings. The monoisotopic (exact) mass is 685 g/mol. The summed E-state index contributed by atoms with van der Waals surface area (Å²) in [4.78, 5) is 63.4. The van der Waals surface area contributed by atoms with Gasteiger partial charge in [-0.3, -0.25) is 27.8 Å². The highest BCUT2D eigenvalue weighted by molar-refractivity contribution is 7.70. The molecule has 3 N–H and O–H groups in total. The number of methoxy groups -OCH3 is 1. The highest BCUT2D eigenvalue weighted by atomic mass is 31.3. The van der Waals surface area contributed by atoms with Crippen molar-refractivity contribution in [2.45, 2.75) is 31.5 Å². The van der Waals surface area contributed by atoms with E-state index in [-0.39, 0.29) is 11.3 Å². The van der Waals surface area contributed by atoms with Crippen LogP contribution in [0.3, 0.4) is 0 Å². The van der Waals surface area contributed by atoms with Crippen LogP contribution in [-0.2, 0) is 31.6 Å². The molecule has 0 saturated carbocycles. The van der Waals surface area contributed by atoms with Gasteiger partial charge in [0.05, 0.1) is 13.7 Å². The van der Waals surface area contributed by atoms with E-state index < -0.39 is 70.9 Å². The van der Waals surface area contributed by atoms with Crippen molar-refractivity contribution in [3.8, 4) is 17.6 Å². The van der Waals surface area contributed by atoms with Crippen LogP contribution in [0.5, 0.6) is 5.75 Å². The fourth-order valence-corrected chi connectivity index (χ4v) is 7.74. The van der Waals surface area contributed by atoms with Crippen molar-refractivity contribution in [1.82, 2.24) is 9.55 Å². The smallest absolute Gasteiger partial charge is 0.330 e. The number of H-pyrrole nitrogens is 1. The molecule has 7 atom stereocenters. The van der Waals surface area contributed by atoms with Gasteiger partial charge in [-0.25, -0.2) is 9.11 Å². The molecule has 4 rings (SSSR count). The normalized spacial score (nSPS) is 23.6. The number of aromatic nitrogens is 2. The van der Waals surface area contributed by atoms with E-state index in [2.05, 4.69) is 25.0 Å². The molecule has 17 nitrogen and oxygen atoms in total. The Kier molecular flexibility index (Phi) is 10.5. The van der Waals surface area contributed by atoms with Crippen LogP contribution in [0.1, 0.15) is 22.9 Å². The van der Waals surface area contributed by atoms with Crippen LogP contribution in [0.4, 0.5) is 0 Å². The van der Waals surface area contributed by atoms with Crippen molar-refractivity contribution in [3.63, 3.8) is 0 Å². The number of aliphatic hydroxyl groups is 2. The summed E-state index contributed by atoms with van der Waals surface area (Å²) in [7, 11) is -16.1. The molecule has 1 fully saturated rings. The fourth-order valence-electron chi connectivity index (χ4n) is 3.91. The topological polar surface area (TPSA) is 262 Å². The predicted molar refractivity (Wildman–Crippen MR) is 148 cm³/mol. The number of aromatic amines is 1. The van der Waals surface area contributed by atoms with Gasteiger partial charge in [-0.15, -0.1) is 0 Å². The first-order valence-electron chi connectivity index (χ1n) is 12.6. The molecule has 2 aromatic carbocycles. The number of nitrogens with zero attached hydrogens (tertiary/aromatic N) is 1. The SMILES string of the molecule is COc1ccc(P(=O)([O-])OP(=O)([O-])OP(=O)([O-])OC[C@H]2O[C@@H](n3cc(C#Cc4ccc(C)cc4)c(=O)[nH]c3=O)[C@@H](O)C2O)cc1. The van der Waals surface area contributed by atoms with Gasteiger partial charge in [-0.1, -0.05) is 29.5 Å². The standard InChI is InChI=1S/C25H27N2O15P3/c1-15-3-5-16(6-4-15)7-8-17-13-27(25(31)26-23(17)30)24-22(29)21(28)20(40-24)14-39-44(34,35)42-45(36,37)41-43(32,33)19-11-9-18(38-2)10-12-19/h3-6,9-13,20-22,24,28-29H,14H2,1-2H3,(H,32,33)(H,34,35)(H,36,37)(H,26,30,31)/p-3/t20-,21?,22+,24-/m1/s1. The van der Waals surface area contributed by atoms with Crippen molar-refractivity contribution in [2.75, 3.05) is 13.7 Å². The molecule has 20 heteroatoms. The number of ether oxygens (including phenoxy) is 2. The van der Waals surface area contributed by atoms with E-state index in [0.29, 0.717) is 10.1 Å². The number of benzene rings is 2. The summed E-state index contributed by atoms with van der Waals surface area (Å²) in [6.07, 6.45) is -6.20. The average Bonchev–Trinajstić information content (AvgIpc) is 3.24. The van der Waals surface area contributed by atoms with E-state index in [1.54, 1.807) is 24.3 Å². The number of phosphoric acid groups is 2. The van der Waals surface area contributed by atoms with Crippen molar-refractivity contribution in [2.24, 2.45) is 0 Å². The summed E-state index contributed by atoms with van der Waals surface area (Å²) in [6.45, 7) is 0.705. The molecule has 0 spiro atoms. The highest BCUT2D eigenvalue weighted by Gasteiger charge is 2.45. The lowest BCUT2D eigenvalue weighted by atomic mass is 10.1. The molecule has 0 aliphatic carbocycles. The third-order valence-electron chi connectivity index (χ3n) is 6.17. The second-order valence-electron chi connectivity index (χ2n) is 9.42. The number of aryl methyl sites for hydroxylation is 1. The van der Waals surface area contributed by atoms with E-state index in [1.807, 2.05) is 11.9 Å². The van der Waals surface area contributed by atoms with Gasteiger partial charge in [0.25, 0.3) is 21.2 Å².